The summed E-state index contributed by atoms with van der Waals surface area (Å²) in [5.41, 5.74) is 2.14. The lowest BCUT2D eigenvalue weighted by Gasteiger charge is -2.07. The van der Waals surface area contributed by atoms with E-state index in [4.69, 9.17) is 10.00 Å². The molecule has 6 heteroatoms. The van der Waals surface area contributed by atoms with Crippen molar-refractivity contribution in [2.75, 3.05) is 11.9 Å². The van der Waals surface area contributed by atoms with Crippen LogP contribution < -0.4 is 10.1 Å². The van der Waals surface area contributed by atoms with E-state index in [1.807, 2.05) is 18.2 Å². The van der Waals surface area contributed by atoms with E-state index in [1.165, 1.54) is 0 Å². The Morgan fingerprint density at radius 1 is 1.27 bits per heavy atom. The maximum Gasteiger partial charge on any atom is 0.262 e. The number of nitrogens with one attached hydrogen (secondary N) is 2. The first-order valence-electron chi connectivity index (χ1n) is 6.60. The monoisotopic (exact) mass is 292 g/mol. The van der Waals surface area contributed by atoms with E-state index in [0.717, 1.165) is 10.9 Å². The molecule has 6 nitrogen and oxygen atoms in total. The largest absolute Gasteiger partial charge is 0.484 e. The van der Waals surface area contributed by atoms with Crippen molar-refractivity contribution in [1.82, 2.24) is 10.2 Å². The zero-order valence-electron chi connectivity index (χ0n) is 11.5. The van der Waals surface area contributed by atoms with Gasteiger partial charge in [0.1, 0.15) is 5.75 Å². The minimum atomic E-state index is -0.257. The van der Waals surface area contributed by atoms with Crippen molar-refractivity contribution in [3.8, 4) is 11.8 Å². The summed E-state index contributed by atoms with van der Waals surface area (Å²) < 4.78 is 5.37. The molecule has 0 aliphatic carbocycles. The highest BCUT2D eigenvalue weighted by Crippen LogP contribution is 2.17. The first kappa shape index (κ1) is 13.6. The number of hydrogen-bond acceptors (Lipinski definition) is 4. The normalized spacial score (nSPS) is 10.1. The summed E-state index contributed by atoms with van der Waals surface area (Å²) in [6.07, 6.45) is 1.69. The van der Waals surface area contributed by atoms with Gasteiger partial charge in [0.15, 0.2) is 6.61 Å². The number of anilines is 1. The third-order valence-corrected chi connectivity index (χ3v) is 3.08. The molecule has 0 aliphatic rings. The average molecular weight is 292 g/mol. The van der Waals surface area contributed by atoms with Gasteiger partial charge in [-0.05, 0) is 42.5 Å². The number of aromatic nitrogens is 2. The summed E-state index contributed by atoms with van der Waals surface area (Å²) in [6.45, 7) is -0.102. The van der Waals surface area contributed by atoms with Crippen LogP contribution in [0, 0.1) is 11.3 Å². The van der Waals surface area contributed by atoms with Crippen molar-refractivity contribution in [3.63, 3.8) is 0 Å². The Morgan fingerprint density at radius 2 is 2.09 bits per heavy atom. The first-order chi connectivity index (χ1) is 10.7. The number of rotatable bonds is 4. The second-order valence-corrected chi connectivity index (χ2v) is 4.65. The lowest BCUT2D eigenvalue weighted by Crippen LogP contribution is -2.20. The second-order valence-electron chi connectivity index (χ2n) is 4.65. The van der Waals surface area contributed by atoms with Crippen molar-refractivity contribution in [2.45, 2.75) is 0 Å². The molecular weight excluding hydrogens is 280 g/mol. The highest BCUT2D eigenvalue weighted by molar-refractivity contribution is 5.94. The maximum atomic E-state index is 11.9. The van der Waals surface area contributed by atoms with E-state index in [2.05, 4.69) is 15.5 Å². The molecule has 0 atom stereocenters. The number of amides is 1. The number of fused-ring (bicyclic) bond motifs is 1. The first-order valence-corrected chi connectivity index (χ1v) is 6.60. The van der Waals surface area contributed by atoms with Gasteiger partial charge in [0.2, 0.25) is 0 Å². The summed E-state index contributed by atoms with van der Waals surface area (Å²) >= 11 is 0. The van der Waals surface area contributed by atoms with Gasteiger partial charge in [0.25, 0.3) is 5.91 Å². The van der Waals surface area contributed by atoms with Crippen LogP contribution in [-0.4, -0.2) is 22.7 Å². The van der Waals surface area contributed by atoms with Gasteiger partial charge in [0.05, 0.1) is 23.3 Å². The van der Waals surface area contributed by atoms with Crippen LogP contribution >= 0.6 is 0 Å². The van der Waals surface area contributed by atoms with Crippen LogP contribution in [0.15, 0.2) is 48.7 Å². The Labute approximate surface area is 126 Å². The molecule has 0 unspecified atom stereocenters. The summed E-state index contributed by atoms with van der Waals surface area (Å²) in [4.78, 5) is 11.9. The molecule has 108 valence electrons. The topological polar surface area (TPSA) is 90.8 Å². The molecule has 0 saturated heterocycles. The summed E-state index contributed by atoms with van der Waals surface area (Å²) in [5, 5.41) is 19.2. The third-order valence-electron chi connectivity index (χ3n) is 3.08. The number of hydrogen-bond donors (Lipinski definition) is 2. The van der Waals surface area contributed by atoms with Gasteiger partial charge in [-0.1, -0.05) is 0 Å². The van der Waals surface area contributed by atoms with Crippen molar-refractivity contribution in [1.29, 1.82) is 5.26 Å². The quantitative estimate of drug-likeness (QED) is 0.772. The SMILES string of the molecule is N#Cc1ccc(OCC(=O)Nc2ccc3[nH]ncc3c2)cc1. The zero-order valence-corrected chi connectivity index (χ0v) is 11.5. The average Bonchev–Trinajstić information content (AvgIpc) is 3.01. The molecule has 22 heavy (non-hydrogen) atoms. The van der Waals surface area contributed by atoms with Gasteiger partial charge in [0, 0.05) is 11.1 Å². The number of nitriles is 1. The van der Waals surface area contributed by atoms with Crippen LogP contribution in [0.3, 0.4) is 0 Å². The fourth-order valence-electron chi connectivity index (χ4n) is 1.99. The molecule has 0 bridgehead atoms. The number of carbonyl (C=O) groups is 1. The van der Waals surface area contributed by atoms with Crippen molar-refractivity contribution in [3.05, 3.63) is 54.2 Å². The Hall–Kier alpha value is -3.33. The van der Waals surface area contributed by atoms with Crippen molar-refractivity contribution in [2.24, 2.45) is 0 Å². The van der Waals surface area contributed by atoms with E-state index >= 15 is 0 Å². The smallest absolute Gasteiger partial charge is 0.262 e. The Kier molecular flexibility index (Phi) is 3.70. The fourth-order valence-corrected chi connectivity index (χ4v) is 1.99. The van der Waals surface area contributed by atoms with Gasteiger partial charge >= 0.3 is 0 Å². The van der Waals surface area contributed by atoms with E-state index < -0.39 is 0 Å². The van der Waals surface area contributed by atoms with Crippen molar-refractivity contribution >= 4 is 22.5 Å². The lowest BCUT2D eigenvalue weighted by molar-refractivity contribution is -0.118. The highest BCUT2D eigenvalue weighted by atomic mass is 16.5. The van der Waals surface area contributed by atoms with E-state index in [9.17, 15) is 4.79 Å². The van der Waals surface area contributed by atoms with Crippen LogP contribution in [-0.2, 0) is 4.79 Å². The molecule has 0 radical (unpaired) electrons. The zero-order chi connectivity index (χ0) is 15.4. The number of aromatic amines is 1. The van der Waals surface area contributed by atoms with Crippen LogP contribution in [0.2, 0.25) is 0 Å². The number of H-pyrrole nitrogens is 1. The molecule has 1 amide bonds. The minimum absolute atomic E-state index is 0.102. The predicted molar refractivity (Wildman–Crippen MR) is 81.4 cm³/mol. The molecule has 0 aliphatic heterocycles. The molecule has 3 aromatic rings. The molecular formula is C16H12N4O2. The molecule has 2 aromatic carbocycles. The van der Waals surface area contributed by atoms with E-state index in [-0.39, 0.29) is 12.5 Å². The molecule has 0 spiro atoms. The van der Waals surface area contributed by atoms with E-state index in [0.29, 0.717) is 17.0 Å². The minimum Gasteiger partial charge on any atom is -0.484 e. The van der Waals surface area contributed by atoms with Crippen LogP contribution in [0.4, 0.5) is 5.69 Å². The Bertz CT molecular complexity index is 846. The van der Waals surface area contributed by atoms with Gasteiger partial charge < -0.3 is 10.1 Å². The summed E-state index contributed by atoms with van der Waals surface area (Å²) in [6, 6.07) is 14.1. The van der Waals surface area contributed by atoms with Crippen LogP contribution in [0.25, 0.3) is 10.9 Å². The number of benzene rings is 2. The Morgan fingerprint density at radius 3 is 2.86 bits per heavy atom. The number of carbonyl (C=O) groups excluding carboxylic acids is 1. The third kappa shape index (κ3) is 3.04. The van der Waals surface area contributed by atoms with Gasteiger partial charge in [-0.25, -0.2) is 0 Å². The molecule has 3 rings (SSSR count). The van der Waals surface area contributed by atoms with Crippen LogP contribution in [0.5, 0.6) is 5.75 Å². The van der Waals surface area contributed by atoms with Gasteiger partial charge in [-0.2, -0.15) is 10.4 Å². The summed E-state index contributed by atoms with van der Waals surface area (Å²) in [7, 11) is 0. The van der Waals surface area contributed by atoms with Gasteiger partial charge in [-0.15, -0.1) is 0 Å². The standard InChI is InChI=1S/C16H12N4O2/c17-8-11-1-4-14(5-2-11)22-10-16(21)19-13-3-6-15-12(7-13)9-18-20-15/h1-7,9H,10H2,(H,18,20)(H,19,21). The molecule has 2 N–H and O–H groups in total. The fraction of sp³-hybridized carbons (Fsp3) is 0.0625. The number of ether oxygens (including phenoxy) is 1. The summed E-state index contributed by atoms with van der Waals surface area (Å²) in [5.74, 6) is 0.284. The van der Waals surface area contributed by atoms with Gasteiger partial charge in [-0.3, -0.25) is 9.89 Å². The molecule has 0 saturated carbocycles. The van der Waals surface area contributed by atoms with Crippen molar-refractivity contribution < 1.29 is 9.53 Å². The second kappa shape index (κ2) is 5.97. The molecule has 0 fully saturated rings. The molecule has 1 heterocycles. The lowest BCUT2D eigenvalue weighted by atomic mass is 10.2. The Balaban J connectivity index is 1.58. The van der Waals surface area contributed by atoms with Crippen LogP contribution in [0.1, 0.15) is 5.56 Å². The highest BCUT2D eigenvalue weighted by Gasteiger charge is 2.05. The predicted octanol–water partition coefficient (Wildman–Crippen LogP) is 2.45. The number of nitrogens with zero attached hydrogens (tertiary/aromatic N) is 2. The molecule has 1 aromatic heterocycles. The van der Waals surface area contributed by atoms with E-state index in [1.54, 1.807) is 36.5 Å². The maximum absolute atomic E-state index is 11.9.